The number of oxazole rings is 2. The van der Waals surface area contributed by atoms with E-state index in [-0.39, 0.29) is 121 Å². The molecule has 1 saturated heterocycles. The smallest absolute Gasteiger partial charge is 0.309 e. The molecule has 1 aliphatic heterocycles. The second kappa shape index (κ2) is 28.1. The number of Topliss-reactive ketones (excluding diaryl/α,β-unsaturated/α-hetero) is 2. The van der Waals surface area contributed by atoms with Gasteiger partial charge in [0.05, 0.1) is 59.9 Å². The molecule has 0 saturated carbocycles. The first-order valence-electron chi connectivity index (χ1n) is 26.9. The third-order valence-electron chi connectivity index (χ3n) is 13.4. The number of likely N-dealkylation sites (tertiary alicyclic amines) is 1. The van der Waals surface area contributed by atoms with Crippen molar-refractivity contribution in [2.45, 2.75) is 104 Å². The summed E-state index contributed by atoms with van der Waals surface area (Å²) in [5, 5.41) is 16.6. The third-order valence-corrected chi connectivity index (χ3v) is 14.3. The molecular weight excluding hydrogens is 1130 g/mol. The normalized spacial score (nSPS) is 14.0. The highest BCUT2D eigenvalue weighted by molar-refractivity contribution is 8.00. The van der Waals surface area contributed by atoms with Crippen molar-refractivity contribution in [3.8, 4) is 5.75 Å². The summed E-state index contributed by atoms with van der Waals surface area (Å²) in [6, 6.07) is 4.23. The summed E-state index contributed by atoms with van der Waals surface area (Å²) >= 11 is 1.17. The number of thioether (sulfide) groups is 1. The van der Waals surface area contributed by atoms with E-state index >= 15 is 0 Å². The highest BCUT2D eigenvalue weighted by atomic mass is 32.2. The number of imide groups is 1. The molecule has 0 bridgehead atoms. The van der Waals surface area contributed by atoms with Gasteiger partial charge in [0.25, 0.3) is 11.8 Å². The van der Waals surface area contributed by atoms with Crippen molar-refractivity contribution in [1.29, 1.82) is 0 Å². The number of hydrogen-bond acceptors (Lipinski definition) is 21. The average molecular weight is 1190 g/mol. The van der Waals surface area contributed by atoms with E-state index in [1.807, 2.05) is 6.92 Å². The number of carbonyl (C=O) groups excluding carboxylic acids is 10. The van der Waals surface area contributed by atoms with Gasteiger partial charge in [0.2, 0.25) is 53.0 Å². The van der Waals surface area contributed by atoms with Gasteiger partial charge in [-0.2, -0.15) is 11.8 Å². The molecule has 1 unspecified atom stereocenters. The summed E-state index contributed by atoms with van der Waals surface area (Å²) in [6.45, 7) is 6.84. The number of esters is 1. The zero-order chi connectivity index (χ0) is 61.8. The molecule has 85 heavy (non-hydrogen) atoms. The number of rotatable bonds is 31. The Hall–Kier alpha value is -9.61. The van der Waals surface area contributed by atoms with Crippen molar-refractivity contribution in [3.05, 3.63) is 82.4 Å². The van der Waals surface area contributed by atoms with Gasteiger partial charge in [0.15, 0.2) is 29.0 Å². The first-order chi connectivity index (χ1) is 40.5. The summed E-state index contributed by atoms with van der Waals surface area (Å²) in [4.78, 5) is 164. The van der Waals surface area contributed by atoms with Gasteiger partial charge in [-0.1, -0.05) is 32.9 Å². The molecule has 29 nitrogen and oxygen atoms in total. The molecule has 1 aliphatic rings. The van der Waals surface area contributed by atoms with Gasteiger partial charge in [-0.05, 0) is 43.7 Å². The van der Waals surface area contributed by atoms with E-state index in [1.165, 1.54) is 43.1 Å². The number of primary amides is 2. The minimum absolute atomic E-state index is 0.00230. The predicted molar refractivity (Wildman–Crippen MR) is 302 cm³/mol. The average Bonchev–Trinajstić information content (AvgIpc) is 1.89. The van der Waals surface area contributed by atoms with Crippen LogP contribution in [-0.2, 0) is 64.2 Å². The number of amides is 7. The number of ketones is 2. The van der Waals surface area contributed by atoms with Crippen molar-refractivity contribution in [3.63, 3.8) is 0 Å². The van der Waals surface area contributed by atoms with Crippen molar-refractivity contribution in [2.24, 2.45) is 23.3 Å². The van der Waals surface area contributed by atoms with Crippen molar-refractivity contribution in [1.82, 2.24) is 44.3 Å². The van der Waals surface area contributed by atoms with Gasteiger partial charge in [-0.3, -0.25) is 72.8 Å². The molecule has 7 amide bonds. The maximum atomic E-state index is 13.8. The molecule has 8 N–H and O–H groups in total. The molecule has 0 spiro atoms. The van der Waals surface area contributed by atoms with E-state index in [1.54, 1.807) is 48.3 Å². The van der Waals surface area contributed by atoms with Crippen molar-refractivity contribution in [2.75, 3.05) is 43.2 Å². The monoisotopic (exact) mass is 1190 g/mol. The standard InChI is InChI=1S/C55H63N13O16S/c1-7-35-44(83-28(4)60-35)50(77)64-54-62-37-20-31(46(56)74)22-39(43(37)66(54)14-9-10-15-67-48-38(21-32(24-58-48)47(57)75)63-55(67)65-51(78)45-36(8-2)61-29(5)84-45)81-16-11-17-82-53(80)27(3)18-33(69)25-59-49(76)30(12-13-42(72)73)19-34(70)26-68-41(71)23-40(85-6)52(68)79/h9-10,20-22,24,27,30,40H,7-8,11-19,23,25-26H2,1-6H3,(H2,56,74)(H2,57,75)(H,59,76)(H,72,73)(H,62,64,77)(H,63,65,78)/b10-9+/t27-,30+,40?/m0/s1. The van der Waals surface area contributed by atoms with Crippen LogP contribution in [0.15, 0.2) is 45.4 Å². The van der Waals surface area contributed by atoms with Gasteiger partial charge in [-0.15, -0.1) is 0 Å². The van der Waals surface area contributed by atoms with E-state index in [0.29, 0.717) is 29.7 Å². The fourth-order valence-corrected chi connectivity index (χ4v) is 9.78. The Morgan fingerprint density at radius 3 is 2.00 bits per heavy atom. The Kier molecular flexibility index (Phi) is 20.8. The number of imidazole rings is 2. The van der Waals surface area contributed by atoms with Crippen LogP contribution < -0.4 is 32.2 Å². The minimum atomic E-state index is -1.23. The number of nitrogens with zero attached hydrogens (tertiary/aromatic N) is 8. The number of carboxylic acid groups (broad SMARTS) is 1. The topological polar surface area (TPSA) is 418 Å². The molecule has 5 aromatic heterocycles. The van der Waals surface area contributed by atoms with Crippen molar-refractivity contribution >= 4 is 111 Å². The maximum Gasteiger partial charge on any atom is 0.309 e. The summed E-state index contributed by atoms with van der Waals surface area (Å²) < 4.78 is 26.1. The largest absolute Gasteiger partial charge is 0.491 e. The highest BCUT2D eigenvalue weighted by Crippen LogP contribution is 2.32. The number of hydrogen-bond donors (Lipinski definition) is 6. The van der Waals surface area contributed by atoms with Crippen LogP contribution in [0.2, 0.25) is 0 Å². The molecule has 7 rings (SSSR count). The maximum absolute atomic E-state index is 13.8. The molecule has 6 aromatic rings. The minimum Gasteiger partial charge on any atom is -0.491 e. The summed E-state index contributed by atoms with van der Waals surface area (Å²) in [7, 11) is 0. The second-order valence-corrected chi connectivity index (χ2v) is 20.7. The van der Waals surface area contributed by atoms with Crippen LogP contribution in [0.5, 0.6) is 5.75 Å². The number of nitrogens with one attached hydrogen (secondary N) is 3. The van der Waals surface area contributed by atoms with E-state index in [9.17, 15) is 57.8 Å². The van der Waals surface area contributed by atoms with Crippen LogP contribution in [0.3, 0.4) is 0 Å². The van der Waals surface area contributed by atoms with Crippen molar-refractivity contribution < 1.29 is 76.2 Å². The van der Waals surface area contributed by atoms with Gasteiger partial charge < -0.3 is 44.8 Å². The molecule has 3 atom stereocenters. The van der Waals surface area contributed by atoms with E-state index in [4.69, 9.17) is 29.8 Å². The SMILES string of the molecule is CCc1nc(C)oc1C(=O)Nc1nc2cc(C(N)=O)cnc2n1C/C=C/Cn1c(NC(=O)c2oc(C)nc2CC)nc2cc(C(N)=O)cc(OCCCOC(=O)[C@@H](C)CC(=O)CNC(=O)[C@H](CCC(=O)O)CC(=O)CN3C(=O)CC(SC)C3=O)c21. The van der Waals surface area contributed by atoms with E-state index in [0.717, 1.165) is 4.90 Å². The van der Waals surface area contributed by atoms with Gasteiger partial charge in [-0.25, -0.2) is 24.9 Å². The number of nitrogens with two attached hydrogens (primary N) is 2. The Balaban J connectivity index is 1.03. The quantitative estimate of drug-likeness (QED) is 0.0157. The number of benzene rings is 1. The number of ether oxygens (including phenoxy) is 2. The van der Waals surface area contributed by atoms with E-state index in [2.05, 4.69) is 40.9 Å². The summed E-state index contributed by atoms with van der Waals surface area (Å²) in [6.07, 6.45) is 5.56. The Morgan fingerprint density at radius 2 is 1.41 bits per heavy atom. The number of allylic oxidation sites excluding steroid dienone is 2. The summed E-state index contributed by atoms with van der Waals surface area (Å²) in [5.41, 5.74) is 13.2. The number of carbonyl (C=O) groups is 11. The highest BCUT2D eigenvalue weighted by Gasteiger charge is 2.39. The number of pyridine rings is 1. The predicted octanol–water partition coefficient (Wildman–Crippen LogP) is 3.41. The Morgan fingerprint density at radius 1 is 0.812 bits per heavy atom. The lowest BCUT2D eigenvalue weighted by atomic mass is 9.95. The fraction of sp³-hybridized carbons (Fsp3) is 0.418. The lowest BCUT2D eigenvalue weighted by Gasteiger charge is -2.18. The molecule has 0 aliphatic carbocycles. The molecule has 30 heteroatoms. The molecule has 450 valence electrons. The summed E-state index contributed by atoms with van der Waals surface area (Å²) in [5.74, 6) is -9.49. The molecule has 1 fully saturated rings. The van der Waals surface area contributed by atoms with Crippen LogP contribution in [0.25, 0.3) is 22.2 Å². The number of aryl methyl sites for hydroxylation is 4. The number of aromatic nitrogens is 7. The lowest BCUT2D eigenvalue weighted by Crippen LogP contribution is -2.39. The van der Waals surface area contributed by atoms with Gasteiger partial charge >= 0.3 is 11.9 Å². The Bertz CT molecular complexity index is 3650. The fourth-order valence-electron chi connectivity index (χ4n) is 9.15. The zero-order valence-corrected chi connectivity index (χ0v) is 48.1. The number of anilines is 2. The lowest BCUT2D eigenvalue weighted by molar-refractivity contribution is -0.149. The third kappa shape index (κ3) is 15.5. The van der Waals surface area contributed by atoms with Crippen LogP contribution >= 0.6 is 11.8 Å². The first kappa shape index (κ1) is 63.0. The second-order valence-electron chi connectivity index (χ2n) is 19.7. The number of carboxylic acids is 1. The zero-order valence-electron chi connectivity index (χ0n) is 47.3. The molecule has 1 aromatic carbocycles. The molecular formula is C55H63N13O16S. The van der Waals surface area contributed by atoms with Gasteiger partial charge in [0, 0.05) is 76.7 Å². The number of fused-ring (bicyclic) bond motifs is 2. The van der Waals surface area contributed by atoms with Crippen LogP contribution in [-0.4, -0.2) is 147 Å². The van der Waals surface area contributed by atoms with Crippen LogP contribution in [0.4, 0.5) is 11.9 Å². The van der Waals surface area contributed by atoms with Gasteiger partial charge in [0.1, 0.15) is 16.8 Å². The van der Waals surface area contributed by atoms with Crippen LogP contribution in [0.1, 0.15) is 124 Å². The first-order valence-corrected chi connectivity index (χ1v) is 28.2. The van der Waals surface area contributed by atoms with E-state index < -0.39 is 108 Å². The Labute approximate surface area is 488 Å². The molecule has 6 heterocycles. The number of aliphatic carboxylic acids is 1. The van der Waals surface area contributed by atoms with Crippen LogP contribution in [0, 0.1) is 25.7 Å². The molecule has 0 radical (unpaired) electrons.